The van der Waals surface area contributed by atoms with Crippen molar-refractivity contribution in [1.29, 1.82) is 0 Å². The molecule has 32 heavy (non-hydrogen) atoms. The van der Waals surface area contributed by atoms with E-state index in [1.54, 1.807) is 0 Å². The Morgan fingerprint density at radius 1 is 1.03 bits per heavy atom. The van der Waals surface area contributed by atoms with Gasteiger partial charge in [-0.1, -0.05) is 62.9 Å². The summed E-state index contributed by atoms with van der Waals surface area (Å²) in [5.74, 6) is 1.55. The average molecular weight is 503 g/mol. The third-order valence-corrected chi connectivity index (χ3v) is 8.67. The molecule has 2 atom stereocenters. The Morgan fingerprint density at radius 3 is 2.50 bits per heavy atom. The van der Waals surface area contributed by atoms with E-state index in [1.807, 2.05) is 0 Å². The van der Waals surface area contributed by atoms with Gasteiger partial charge in [0.25, 0.3) is 5.56 Å². The van der Waals surface area contributed by atoms with E-state index < -0.39 is 0 Å². The molecule has 2 fully saturated rings. The van der Waals surface area contributed by atoms with Crippen LogP contribution in [0.4, 0.5) is 0 Å². The van der Waals surface area contributed by atoms with E-state index in [0.29, 0.717) is 12.0 Å². The monoisotopic (exact) mass is 501 g/mol. The number of rotatable bonds is 7. The number of hydrogen-bond acceptors (Lipinski definition) is 2. The minimum absolute atomic E-state index is 0.164. The first-order chi connectivity index (χ1) is 15.5. The maximum absolute atomic E-state index is 13.1. The van der Waals surface area contributed by atoms with Crippen molar-refractivity contribution in [3.63, 3.8) is 0 Å². The van der Waals surface area contributed by atoms with Crippen molar-refractivity contribution in [3.05, 3.63) is 56.4 Å². The summed E-state index contributed by atoms with van der Waals surface area (Å²) in [6, 6.07) is 11.2. The lowest BCUT2D eigenvalue weighted by molar-refractivity contribution is 0.166. The maximum atomic E-state index is 13.1. The molecule has 4 nitrogen and oxygen atoms in total. The standard InChI is InChI=1S/C27H40BrN3O/c1-21-9-6-7-14-24(19-21)31-27(32)26(28)25(29(31)2)20-30-17-15-23(16-18-30)13-8-12-22-10-4-3-5-11-22/h3-5,10-11,21,23-24H,6-9,12-20H2,1-2H3. The summed E-state index contributed by atoms with van der Waals surface area (Å²) < 4.78 is 5.00. The highest BCUT2D eigenvalue weighted by atomic mass is 79.9. The number of aryl methyl sites for hydroxylation is 1. The lowest BCUT2D eigenvalue weighted by Gasteiger charge is -2.32. The van der Waals surface area contributed by atoms with Gasteiger partial charge in [-0.15, -0.1) is 0 Å². The first-order valence-electron chi connectivity index (χ1n) is 12.7. The second kappa shape index (κ2) is 11.2. The van der Waals surface area contributed by atoms with Crippen LogP contribution in [0.25, 0.3) is 0 Å². The van der Waals surface area contributed by atoms with Crippen molar-refractivity contribution in [2.45, 2.75) is 83.7 Å². The highest BCUT2D eigenvalue weighted by Gasteiger charge is 2.27. The highest BCUT2D eigenvalue weighted by molar-refractivity contribution is 9.10. The zero-order chi connectivity index (χ0) is 22.5. The molecule has 0 bridgehead atoms. The molecular formula is C27H40BrN3O. The second-order valence-corrected chi connectivity index (χ2v) is 11.1. The van der Waals surface area contributed by atoms with Gasteiger partial charge in [0.2, 0.25) is 0 Å². The summed E-state index contributed by atoms with van der Waals surface area (Å²) in [6.07, 6.45) is 12.5. The smallest absolute Gasteiger partial charge is 0.281 e. The summed E-state index contributed by atoms with van der Waals surface area (Å²) in [5, 5.41) is 0. The van der Waals surface area contributed by atoms with Crippen molar-refractivity contribution in [3.8, 4) is 0 Å². The molecule has 2 unspecified atom stereocenters. The SMILES string of the molecule is CC1CCCCC(n2c(=O)c(Br)c(CN3CCC(CCCc4ccccc4)CC3)n2C)C1. The second-order valence-electron chi connectivity index (χ2n) is 10.3. The molecule has 1 aromatic heterocycles. The summed E-state index contributed by atoms with van der Waals surface area (Å²) in [5.41, 5.74) is 2.77. The van der Waals surface area contributed by atoms with Crippen LogP contribution in [-0.2, 0) is 20.0 Å². The summed E-state index contributed by atoms with van der Waals surface area (Å²) in [6.45, 7) is 5.50. The van der Waals surface area contributed by atoms with Crippen LogP contribution in [0.1, 0.15) is 82.0 Å². The number of piperidine rings is 1. The normalized spacial score (nSPS) is 23.3. The average Bonchev–Trinajstić information content (AvgIpc) is 2.93. The maximum Gasteiger partial charge on any atom is 0.281 e. The Hall–Kier alpha value is -1.33. The van der Waals surface area contributed by atoms with Gasteiger partial charge in [-0.3, -0.25) is 14.4 Å². The fraction of sp³-hybridized carbons (Fsp3) is 0.667. The van der Waals surface area contributed by atoms with Gasteiger partial charge in [0.05, 0.1) is 11.7 Å². The number of hydrogen-bond donors (Lipinski definition) is 0. The summed E-state index contributed by atoms with van der Waals surface area (Å²) in [7, 11) is 2.09. The largest absolute Gasteiger partial charge is 0.297 e. The van der Waals surface area contributed by atoms with Crippen LogP contribution < -0.4 is 5.56 Å². The van der Waals surface area contributed by atoms with Crippen LogP contribution in [0.2, 0.25) is 0 Å². The number of likely N-dealkylation sites (tertiary alicyclic amines) is 1. The van der Waals surface area contributed by atoms with Gasteiger partial charge < -0.3 is 0 Å². The molecular weight excluding hydrogens is 462 g/mol. The van der Waals surface area contributed by atoms with E-state index in [0.717, 1.165) is 48.6 Å². The van der Waals surface area contributed by atoms with Gasteiger partial charge in [0.1, 0.15) is 4.47 Å². The first kappa shape index (κ1) is 23.8. The molecule has 0 radical (unpaired) electrons. The van der Waals surface area contributed by atoms with Gasteiger partial charge in [0, 0.05) is 13.6 Å². The van der Waals surface area contributed by atoms with Crippen molar-refractivity contribution in [2.24, 2.45) is 18.9 Å². The van der Waals surface area contributed by atoms with E-state index in [1.165, 1.54) is 56.9 Å². The van der Waals surface area contributed by atoms with Gasteiger partial charge in [0.15, 0.2) is 0 Å². The van der Waals surface area contributed by atoms with Gasteiger partial charge >= 0.3 is 0 Å². The molecule has 1 aromatic carbocycles. The lowest BCUT2D eigenvalue weighted by atomic mass is 9.90. The highest BCUT2D eigenvalue weighted by Crippen LogP contribution is 2.32. The van der Waals surface area contributed by atoms with Crippen LogP contribution in [0.15, 0.2) is 39.6 Å². The first-order valence-corrected chi connectivity index (χ1v) is 13.5. The number of halogens is 1. The van der Waals surface area contributed by atoms with Crippen LogP contribution in [0, 0.1) is 11.8 Å². The molecule has 0 amide bonds. The fourth-order valence-electron chi connectivity index (χ4n) is 5.89. The van der Waals surface area contributed by atoms with Crippen molar-refractivity contribution >= 4 is 15.9 Å². The zero-order valence-electron chi connectivity index (χ0n) is 19.9. The Kier molecular flexibility index (Phi) is 8.33. The number of nitrogens with zero attached hydrogens (tertiary/aromatic N) is 3. The van der Waals surface area contributed by atoms with Crippen LogP contribution in [0.3, 0.4) is 0 Å². The van der Waals surface area contributed by atoms with Crippen LogP contribution >= 0.6 is 15.9 Å². The molecule has 1 saturated heterocycles. The third-order valence-electron chi connectivity index (χ3n) is 7.87. The van der Waals surface area contributed by atoms with E-state index in [9.17, 15) is 4.79 Å². The summed E-state index contributed by atoms with van der Waals surface area (Å²) in [4.78, 5) is 15.7. The van der Waals surface area contributed by atoms with E-state index in [4.69, 9.17) is 0 Å². The molecule has 4 rings (SSSR count). The Balaban J connectivity index is 1.31. The molecule has 1 aliphatic carbocycles. The number of benzene rings is 1. The Morgan fingerprint density at radius 2 is 1.75 bits per heavy atom. The Bertz CT molecular complexity index is 911. The Labute approximate surface area is 202 Å². The predicted octanol–water partition coefficient (Wildman–Crippen LogP) is 6.33. The minimum atomic E-state index is 0.164. The molecule has 1 aliphatic heterocycles. The molecule has 2 aliphatic rings. The van der Waals surface area contributed by atoms with Gasteiger partial charge in [-0.25, -0.2) is 4.68 Å². The van der Waals surface area contributed by atoms with Gasteiger partial charge in [-0.05, 0) is 84.9 Å². The topological polar surface area (TPSA) is 30.2 Å². The molecule has 2 aromatic rings. The molecule has 0 N–H and O–H groups in total. The van der Waals surface area contributed by atoms with Crippen molar-refractivity contribution in [2.75, 3.05) is 13.1 Å². The molecule has 176 valence electrons. The molecule has 5 heteroatoms. The molecule has 0 spiro atoms. The van der Waals surface area contributed by atoms with Crippen LogP contribution in [0.5, 0.6) is 0 Å². The third kappa shape index (κ3) is 5.77. The quantitative estimate of drug-likeness (QED) is 0.415. The molecule has 1 saturated carbocycles. The van der Waals surface area contributed by atoms with Crippen molar-refractivity contribution in [1.82, 2.24) is 14.3 Å². The predicted molar refractivity (Wildman–Crippen MR) is 136 cm³/mol. The van der Waals surface area contributed by atoms with E-state index >= 15 is 0 Å². The number of aromatic nitrogens is 2. The van der Waals surface area contributed by atoms with Crippen molar-refractivity contribution < 1.29 is 0 Å². The summed E-state index contributed by atoms with van der Waals surface area (Å²) >= 11 is 3.67. The minimum Gasteiger partial charge on any atom is -0.297 e. The lowest BCUT2D eigenvalue weighted by Crippen LogP contribution is -2.34. The molecule has 2 heterocycles. The zero-order valence-corrected chi connectivity index (χ0v) is 21.5. The fourth-order valence-corrected chi connectivity index (χ4v) is 6.46. The van der Waals surface area contributed by atoms with Crippen LogP contribution in [-0.4, -0.2) is 27.4 Å². The van der Waals surface area contributed by atoms with E-state index in [2.05, 4.69) is 74.5 Å². The van der Waals surface area contributed by atoms with E-state index in [-0.39, 0.29) is 5.56 Å². The van der Waals surface area contributed by atoms with Gasteiger partial charge in [-0.2, -0.15) is 0 Å².